The predicted molar refractivity (Wildman–Crippen MR) is 82.9 cm³/mol. The Balaban J connectivity index is 1.90. The highest BCUT2D eigenvalue weighted by atomic mass is 16.7. The number of amides is 1. The van der Waals surface area contributed by atoms with Crippen LogP contribution in [0.1, 0.15) is 58.8 Å². The summed E-state index contributed by atoms with van der Waals surface area (Å²) in [5.74, 6) is 0.168. The van der Waals surface area contributed by atoms with Gasteiger partial charge in [0.25, 0.3) is 0 Å². The quantitative estimate of drug-likeness (QED) is 0.793. The van der Waals surface area contributed by atoms with Gasteiger partial charge in [0.2, 0.25) is 5.91 Å². The van der Waals surface area contributed by atoms with Crippen molar-refractivity contribution in [3.63, 3.8) is 0 Å². The molecule has 2 heterocycles. The van der Waals surface area contributed by atoms with E-state index < -0.39 is 0 Å². The highest BCUT2D eigenvalue weighted by molar-refractivity contribution is 5.77. The lowest BCUT2D eigenvalue weighted by Crippen LogP contribution is -2.48. The van der Waals surface area contributed by atoms with Crippen LogP contribution in [0.25, 0.3) is 0 Å². The molecule has 2 saturated heterocycles. The lowest BCUT2D eigenvalue weighted by Gasteiger charge is -2.38. The van der Waals surface area contributed by atoms with Gasteiger partial charge in [-0.1, -0.05) is 26.3 Å². The van der Waals surface area contributed by atoms with Gasteiger partial charge in [0.15, 0.2) is 6.29 Å². The average molecular weight is 295 g/mol. The lowest BCUT2D eigenvalue weighted by atomic mass is 9.85. The smallest absolute Gasteiger partial charge is 0.220 e. The van der Waals surface area contributed by atoms with Crippen LogP contribution in [0.15, 0.2) is 12.7 Å². The molecule has 2 rings (SSSR count). The highest BCUT2D eigenvalue weighted by Gasteiger charge is 2.35. The summed E-state index contributed by atoms with van der Waals surface area (Å²) in [6, 6.07) is 0. The van der Waals surface area contributed by atoms with E-state index in [4.69, 9.17) is 9.47 Å². The molecule has 0 aliphatic carbocycles. The van der Waals surface area contributed by atoms with Gasteiger partial charge < -0.3 is 14.8 Å². The second-order valence-corrected chi connectivity index (χ2v) is 7.28. The maximum atomic E-state index is 11.9. The molecule has 0 radical (unpaired) electrons. The Morgan fingerprint density at radius 1 is 1.33 bits per heavy atom. The number of ether oxygens (including phenoxy) is 2. The number of hydrogen-bond acceptors (Lipinski definition) is 3. The monoisotopic (exact) mass is 295 g/mol. The zero-order valence-electron chi connectivity index (χ0n) is 13.5. The Kier molecular flexibility index (Phi) is 5.44. The summed E-state index contributed by atoms with van der Waals surface area (Å²) in [5.41, 5.74) is -0.0547. The van der Waals surface area contributed by atoms with Crippen molar-refractivity contribution >= 4 is 5.91 Å². The second kappa shape index (κ2) is 6.93. The van der Waals surface area contributed by atoms with Crippen LogP contribution in [0.2, 0.25) is 0 Å². The molecule has 0 aromatic heterocycles. The van der Waals surface area contributed by atoms with E-state index in [1.54, 1.807) is 0 Å². The summed E-state index contributed by atoms with van der Waals surface area (Å²) in [7, 11) is 0. The van der Waals surface area contributed by atoms with Gasteiger partial charge in [-0.3, -0.25) is 4.79 Å². The molecular weight excluding hydrogens is 266 g/mol. The molecule has 4 nitrogen and oxygen atoms in total. The fourth-order valence-electron chi connectivity index (χ4n) is 3.18. The summed E-state index contributed by atoms with van der Waals surface area (Å²) in [4.78, 5) is 11.9. The summed E-state index contributed by atoms with van der Waals surface area (Å²) in [5, 5.41) is 3.23. The first-order valence-corrected chi connectivity index (χ1v) is 8.10. The van der Waals surface area contributed by atoms with E-state index in [0.717, 1.165) is 51.7 Å². The van der Waals surface area contributed by atoms with Crippen molar-refractivity contribution in [3.8, 4) is 0 Å². The molecular formula is C17H29NO3. The van der Waals surface area contributed by atoms with E-state index >= 15 is 0 Å². The second-order valence-electron chi connectivity index (χ2n) is 7.28. The number of nitrogens with one attached hydrogen (secondary N) is 1. The third-order valence-corrected chi connectivity index (χ3v) is 4.43. The van der Waals surface area contributed by atoms with Crippen molar-refractivity contribution in [2.24, 2.45) is 5.41 Å². The van der Waals surface area contributed by atoms with Crippen LogP contribution < -0.4 is 5.32 Å². The standard InChI is InChI=1S/C17H29NO3/c1-4-9-17(10-6-5-7-14(19)18-17)11-8-15-20-12-16(2,3)13-21-15/h4,15H,1,5-13H2,2-3H3,(H,18,19). The van der Waals surface area contributed by atoms with Gasteiger partial charge >= 0.3 is 0 Å². The molecule has 0 spiro atoms. The van der Waals surface area contributed by atoms with E-state index in [1.165, 1.54) is 0 Å². The lowest BCUT2D eigenvalue weighted by molar-refractivity contribution is -0.225. The van der Waals surface area contributed by atoms with Crippen LogP contribution in [0.4, 0.5) is 0 Å². The Bertz CT molecular complexity index is 370. The average Bonchev–Trinajstić information content (AvgIpc) is 2.60. The van der Waals surface area contributed by atoms with Gasteiger partial charge in [-0.05, 0) is 25.7 Å². The Hall–Kier alpha value is -0.870. The molecule has 2 aliphatic heterocycles. The van der Waals surface area contributed by atoms with Crippen LogP contribution in [0.5, 0.6) is 0 Å². The molecule has 2 fully saturated rings. The van der Waals surface area contributed by atoms with Crippen molar-refractivity contribution in [1.29, 1.82) is 0 Å². The number of rotatable bonds is 5. The van der Waals surface area contributed by atoms with Crippen LogP contribution in [0, 0.1) is 5.41 Å². The van der Waals surface area contributed by atoms with E-state index in [-0.39, 0.29) is 23.2 Å². The molecule has 1 N–H and O–H groups in total. The molecule has 1 atom stereocenters. The minimum Gasteiger partial charge on any atom is -0.352 e. The molecule has 0 saturated carbocycles. The normalized spacial score (nSPS) is 30.5. The summed E-state index contributed by atoms with van der Waals surface area (Å²) in [6.45, 7) is 9.62. The van der Waals surface area contributed by atoms with E-state index in [1.807, 2.05) is 6.08 Å². The molecule has 120 valence electrons. The van der Waals surface area contributed by atoms with Crippen molar-refractivity contribution in [2.45, 2.75) is 70.6 Å². The minimum atomic E-state index is -0.158. The Morgan fingerprint density at radius 3 is 2.71 bits per heavy atom. The van der Waals surface area contributed by atoms with Gasteiger partial charge in [0, 0.05) is 23.8 Å². The molecule has 0 aromatic rings. The van der Waals surface area contributed by atoms with Gasteiger partial charge in [-0.25, -0.2) is 0 Å². The molecule has 0 aromatic carbocycles. The molecule has 21 heavy (non-hydrogen) atoms. The third-order valence-electron chi connectivity index (χ3n) is 4.43. The van der Waals surface area contributed by atoms with Crippen molar-refractivity contribution < 1.29 is 14.3 Å². The predicted octanol–water partition coefficient (Wildman–Crippen LogP) is 3.17. The first-order valence-electron chi connectivity index (χ1n) is 8.10. The largest absolute Gasteiger partial charge is 0.352 e. The summed E-state index contributed by atoms with van der Waals surface area (Å²) >= 11 is 0. The van der Waals surface area contributed by atoms with Crippen molar-refractivity contribution in [1.82, 2.24) is 5.32 Å². The first-order chi connectivity index (χ1) is 9.95. The van der Waals surface area contributed by atoms with Gasteiger partial charge in [0.1, 0.15) is 0 Å². The van der Waals surface area contributed by atoms with Crippen LogP contribution >= 0.6 is 0 Å². The van der Waals surface area contributed by atoms with Crippen LogP contribution in [-0.4, -0.2) is 30.9 Å². The maximum Gasteiger partial charge on any atom is 0.220 e. The van der Waals surface area contributed by atoms with Crippen molar-refractivity contribution in [2.75, 3.05) is 13.2 Å². The molecule has 2 aliphatic rings. The van der Waals surface area contributed by atoms with Gasteiger partial charge in [-0.15, -0.1) is 6.58 Å². The van der Waals surface area contributed by atoms with Gasteiger partial charge in [0.05, 0.1) is 13.2 Å². The zero-order valence-corrected chi connectivity index (χ0v) is 13.5. The molecule has 1 amide bonds. The minimum absolute atomic E-state index is 0.103. The molecule has 0 bridgehead atoms. The number of carbonyl (C=O) groups excluding carboxylic acids is 1. The number of carbonyl (C=O) groups is 1. The van der Waals surface area contributed by atoms with Crippen molar-refractivity contribution in [3.05, 3.63) is 12.7 Å². The van der Waals surface area contributed by atoms with E-state index in [2.05, 4.69) is 25.7 Å². The molecule has 4 heteroatoms. The number of hydrogen-bond donors (Lipinski definition) is 1. The Morgan fingerprint density at radius 2 is 2.05 bits per heavy atom. The van der Waals surface area contributed by atoms with Crippen LogP contribution in [-0.2, 0) is 14.3 Å². The molecule has 1 unspecified atom stereocenters. The first kappa shape index (κ1) is 16.5. The van der Waals surface area contributed by atoms with E-state index in [9.17, 15) is 4.79 Å². The zero-order chi connectivity index (χ0) is 15.3. The Labute approximate surface area is 128 Å². The highest BCUT2D eigenvalue weighted by Crippen LogP contribution is 2.31. The summed E-state index contributed by atoms with van der Waals surface area (Å²) < 4.78 is 11.6. The van der Waals surface area contributed by atoms with Crippen LogP contribution in [0.3, 0.4) is 0 Å². The fraction of sp³-hybridized carbons (Fsp3) is 0.824. The van der Waals surface area contributed by atoms with E-state index in [0.29, 0.717) is 6.42 Å². The fourth-order valence-corrected chi connectivity index (χ4v) is 3.18. The van der Waals surface area contributed by atoms with Gasteiger partial charge in [-0.2, -0.15) is 0 Å². The topological polar surface area (TPSA) is 47.6 Å². The summed E-state index contributed by atoms with van der Waals surface area (Å²) in [6.07, 6.45) is 8.03. The maximum absolute atomic E-state index is 11.9. The SMILES string of the molecule is C=CCC1(CCC2OCC(C)(C)CO2)CCCCC(=O)N1. The third kappa shape index (κ3) is 4.82.